The van der Waals surface area contributed by atoms with Crippen molar-refractivity contribution in [2.24, 2.45) is 7.05 Å². The number of hydrogen-bond donors (Lipinski definition) is 2. The van der Waals surface area contributed by atoms with Gasteiger partial charge < -0.3 is 20.4 Å². The average molecular weight is 571 g/mol. The molecule has 0 spiro atoms. The van der Waals surface area contributed by atoms with Crippen LogP contribution in [0.15, 0.2) is 85.2 Å². The molecular weight excluding hydrogens is 540 g/mol. The number of aromatic nitrogens is 3. The van der Waals surface area contributed by atoms with E-state index in [0.29, 0.717) is 53.4 Å². The van der Waals surface area contributed by atoms with Gasteiger partial charge >= 0.3 is 6.03 Å². The normalized spacial score (nSPS) is 13.1. The lowest BCUT2D eigenvalue weighted by molar-refractivity contribution is -0.111. The van der Waals surface area contributed by atoms with Crippen molar-refractivity contribution in [3.63, 3.8) is 0 Å². The molecule has 2 aromatic carbocycles. The Kier molecular flexibility index (Phi) is 8.32. The molecule has 0 unspecified atom stereocenters. The van der Waals surface area contributed by atoms with Crippen LogP contribution in [0.2, 0.25) is 5.15 Å². The number of nitrogens with one attached hydrogen (secondary N) is 2. The first-order chi connectivity index (χ1) is 19.8. The molecule has 11 heteroatoms. The van der Waals surface area contributed by atoms with Crippen molar-refractivity contribution in [2.45, 2.75) is 13.1 Å². The van der Waals surface area contributed by atoms with E-state index in [2.05, 4.69) is 20.7 Å². The Morgan fingerprint density at radius 2 is 1.93 bits per heavy atom. The Hall–Kier alpha value is -4.67. The largest absolute Gasteiger partial charge is 0.336 e. The van der Waals surface area contributed by atoms with Crippen LogP contribution in [0.3, 0.4) is 0 Å². The molecule has 0 bridgehead atoms. The fraction of sp³-hybridized carbons (Fsp3) is 0.200. The molecule has 1 aliphatic heterocycles. The number of carbonyl (C=O) groups is 2. The summed E-state index contributed by atoms with van der Waals surface area (Å²) in [5.41, 5.74) is 4.38. The maximum Gasteiger partial charge on any atom is 0.329 e. The van der Waals surface area contributed by atoms with Crippen molar-refractivity contribution < 1.29 is 9.59 Å². The molecule has 2 aromatic heterocycles. The van der Waals surface area contributed by atoms with Crippen LogP contribution in [-0.2, 0) is 24.9 Å². The molecule has 3 heterocycles. The standard InChI is InChI=1S/C30H31ClN8O2/c1-36(2)14-8-13-28(40)33-23-11-7-12-24(15-23)39-26-16-27(34-25-20-37(3)35-29(25)31)32-17-22(26)19-38(30(39)41)18-21-9-5-4-6-10-21/h4-13,15-17,20H,14,18-19H2,1-3H3,(H,32,34)(H,33,40)/b13-8+. The smallest absolute Gasteiger partial charge is 0.329 e. The predicted molar refractivity (Wildman–Crippen MR) is 162 cm³/mol. The molecule has 0 aliphatic carbocycles. The third-order valence-corrected chi connectivity index (χ3v) is 6.68. The van der Waals surface area contributed by atoms with Gasteiger partial charge in [0.1, 0.15) is 5.82 Å². The predicted octanol–water partition coefficient (Wildman–Crippen LogP) is 5.54. The van der Waals surface area contributed by atoms with E-state index in [-0.39, 0.29) is 11.9 Å². The van der Waals surface area contributed by atoms with Crippen LogP contribution in [0.1, 0.15) is 11.1 Å². The lowest BCUT2D eigenvalue weighted by Crippen LogP contribution is -2.44. The van der Waals surface area contributed by atoms with Crippen LogP contribution in [0, 0.1) is 0 Å². The summed E-state index contributed by atoms with van der Waals surface area (Å²) in [6.45, 7) is 1.49. The molecule has 0 saturated heterocycles. The minimum absolute atomic E-state index is 0.188. The lowest BCUT2D eigenvalue weighted by Gasteiger charge is -2.37. The van der Waals surface area contributed by atoms with E-state index in [4.69, 9.17) is 11.6 Å². The van der Waals surface area contributed by atoms with Gasteiger partial charge in [-0.05, 0) is 37.9 Å². The molecular formula is C30H31ClN8O2. The van der Waals surface area contributed by atoms with Gasteiger partial charge in [-0.2, -0.15) is 5.10 Å². The molecule has 0 fully saturated rings. The molecule has 1 aliphatic rings. The number of nitrogens with zero attached hydrogens (tertiary/aromatic N) is 6. The van der Waals surface area contributed by atoms with E-state index < -0.39 is 0 Å². The highest BCUT2D eigenvalue weighted by Crippen LogP contribution is 2.38. The van der Waals surface area contributed by atoms with Crippen molar-refractivity contribution in [2.75, 3.05) is 36.2 Å². The van der Waals surface area contributed by atoms with Crippen LogP contribution in [0.5, 0.6) is 0 Å². The summed E-state index contributed by atoms with van der Waals surface area (Å²) in [6.07, 6.45) is 6.82. The van der Waals surface area contributed by atoms with E-state index in [1.54, 1.807) is 52.1 Å². The van der Waals surface area contributed by atoms with Crippen LogP contribution in [0.4, 0.5) is 33.4 Å². The van der Waals surface area contributed by atoms with Gasteiger partial charge in [0.25, 0.3) is 0 Å². The Balaban J connectivity index is 1.48. The van der Waals surface area contributed by atoms with Gasteiger partial charge in [-0.3, -0.25) is 14.4 Å². The van der Waals surface area contributed by atoms with Gasteiger partial charge in [-0.1, -0.05) is 54.1 Å². The highest BCUT2D eigenvalue weighted by molar-refractivity contribution is 6.32. The molecule has 4 aromatic rings. The summed E-state index contributed by atoms with van der Waals surface area (Å²) >= 11 is 6.25. The highest BCUT2D eigenvalue weighted by Gasteiger charge is 2.32. The summed E-state index contributed by atoms with van der Waals surface area (Å²) in [4.78, 5) is 36.5. The lowest BCUT2D eigenvalue weighted by atomic mass is 10.1. The van der Waals surface area contributed by atoms with Gasteiger partial charge in [0.15, 0.2) is 5.15 Å². The number of urea groups is 1. The number of amides is 3. The maximum atomic E-state index is 14.0. The number of anilines is 5. The number of halogens is 1. The zero-order valence-electron chi connectivity index (χ0n) is 23.1. The van der Waals surface area contributed by atoms with Crippen molar-refractivity contribution >= 4 is 52.1 Å². The Labute approximate surface area is 243 Å². The topological polar surface area (TPSA) is 98.6 Å². The first kappa shape index (κ1) is 27.9. The van der Waals surface area contributed by atoms with E-state index in [0.717, 1.165) is 11.1 Å². The van der Waals surface area contributed by atoms with Crippen LogP contribution in [0.25, 0.3) is 0 Å². The first-order valence-electron chi connectivity index (χ1n) is 13.1. The maximum absolute atomic E-state index is 14.0. The minimum Gasteiger partial charge on any atom is -0.336 e. The van der Waals surface area contributed by atoms with E-state index >= 15 is 0 Å². The number of carbonyl (C=O) groups excluding carboxylic acids is 2. The number of rotatable bonds is 9. The molecule has 3 amide bonds. The fourth-order valence-corrected chi connectivity index (χ4v) is 4.74. The second kappa shape index (κ2) is 12.2. The van der Waals surface area contributed by atoms with Crippen molar-refractivity contribution in [3.8, 4) is 0 Å². The third-order valence-electron chi connectivity index (χ3n) is 6.40. The summed E-state index contributed by atoms with van der Waals surface area (Å²) in [5, 5.41) is 10.6. The Bertz CT molecular complexity index is 1580. The van der Waals surface area contributed by atoms with Crippen molar-refractivity contribution in [1.82, 2.24) is 24.6 Å². The number of likely N-dealkylation sites (N-methyl/N-ethyl adjacent to an activating group) is 1. The van der Waals surface area contributed by atoms with E-state index in [1.165, 1.54) is 6.08 Å². The van der Waals surface area contributed by atoms with Gasteiger partial charge in [0, 0.05) is 55.9 Å². The van der Waals surface area contributed by atoms with Gasteiger partial charge in [-0.25, -0.2) is 9.78 Å². The number of fused-ring (bicyclic) bond motifs is 1. The summed E-state index contributed by atoms with van der Waals surface area (Å²) in [7, 11) is 5.65. The number of pyridine rings is 1. The van der Waals surface area contributed by atoms with Crippen LogP contribution < -0.4 is 15.5 Å². The molecule has 0 radical (unpaired) electrons. The fourth-order valence-electron chi connectivity index (χ4n) is 4.53. The van der Waals surface area contributed by atoms with E-state index in [1.807, 2.05) is 67.5 Å². The number of benzene rings is 2. The Morgan fingerprint density at radius 1 is 1.12 bits per heavy atom. The van der Waals surface area contributed by atoms with E-state index in [9.17, 15) is 9.59 Å². The number of aryl methyl sites for hydroxylation is 1. The summed E-state index contributed by atoms with van der Waals surface area (Å²) in [6, 6.07) is 18.7. The molecule has 0 atom stereocenters. The first-order valence-corrected chi connectivity index (χ1v) is 13.4. The second-order valence-corrected chi connectivity index (χ2v) is 10.4. The molecule has 210 valence electrons. The molecule has 41 heavy (non-hydrogen) atoms. The molecule has 10 nitrogen and oxygen atoms in total. The van der Waals surface area contributed by atoms with Crippen LogP contribution >= 0.6 is 11.6 Å². The monoisotopic (exact) mass is 570 g/mol. The highest BCUT2D eigenvalue weighted by atomic mass is 35.5. The van der Waals surface area contributed by atoms with Gasteiger partial charge in [-0.15, -0.1) is 0 Å². The average Bonchev–Trinajstić information content (AvgIpc) is 3.25. The number of hydrogen-bond acceptors (Lipinski definition) is 6. The molecule has 5 rings (SSSR count). The minimum atomic E-state index is -0.246. The summed E-state index contributed by atoms with van der Waals surface area (Å²) in [5.74, 6) is 0.271. The molecule has 2 N–H and O–H groups in total. The zero-order valence-corrected chi connectivity index (χ0v) is 23.8. The zero-order chi connectivity index (χ0) is 28.9. The van der Waals surface area contributed by atoms with Crippen molar-refractivity contribution in [3.05, 3.63) is 101 Å². The second-order valence-electron chi connectivity index (χ2n) is 9.99. The third kappa shape index (κ3) is 6.74. The summed E-state index contributed by atoms with van der Waals surface area (Å²) < 4.78 is 1.61. The Morgan fingerprint density at radius 3 is 2.66 bits per heavy atom. The van der Waals surface area contributed by atoms with Gasteiger partial charge in [0.2, 0.25) is 5.91 Å². The quantitative estimate of drug-likeness (QED) is 0.256. The molecule has 0 saturated carbocycles. The van der Waals surface area contributed by atoms with Crippen LogP contribution in [-0.4, -0.2) is 57.1 Å². The SMILES string of the molecule is CN(C)C/C=C/C(=O)Nc1cccc(N2C(=O)N(Cc3ccccc3)Cc3cnc(Nc4cn(C)nc4Cl)cc32)c1. The van der Waals surface area contributed by atoms with Gasteiger partial charge in [0.05, 0.1) is 23.6 Å². The van der Waals surface area contributed by atoms with Crippen molar-refractivity contribution in [1.29, 1.82) is 0 Å².